The molecule has 5 aromatic heterocycles. The SMILES string of the molecule is COc1ccc2c(C3=C(c4c(-c5ccc(-c6ccc(C(C)(C)C)s6)s5)oc5cc(OC)ccc45)C(F)(F)CC3(F)F)c(/C=C/C=C(\S)c3ccc(C(C)(C)C)s3)oc2c1. The quantitative estimate of drug-likeness (QED) is 0.0892. The number of alkyl halides is 4. The first-order valence-corrected chi connectivity index (χ1v) is 21.8. The van der Waals surface area contributed by atoms with Crippen LogP contribution in [-0.2, 0) is 10.8 Å². The molecule has 4 nitrogen and oxygen atoms in total. The predicted octanol–water partition coefficient (Wildman–Crippen LogP) is 15.9. The molecule has 5 heterocycles. The second-order valence-corrected chi connectivity index (χ2v) is 20.3. The zero-order valence-corrected chi connectivity index (χ0v) is 37.0. The largest absolute Gasteiger partial charge is 0.497 e. The molecule has 0 N–H and O–H groups in total. The van der Waals surface area contributed by atoms with Crippen molar-refractivity contribution in [1.82, 2.24) is 0 Å². The van der Waals surface area contributed by atoms with Crippen LogP contribution >= 0.6 is 46.6 Å². The maximum absolute atomic E-state index is 16.9. The van der Waals surface area contributed by atoms with Crippen molar-refractivity contribution in [3.05, 3.63) is 116 Å². The van der Waals surface area contributed by atoms with Crippen LogP contribution in [0.1, 0.15) is 79.5 Å². The summed E-state index contributed by atoms with van der Waals surface area (Å²) in [6.45, 7) is 12.8. The Hall–Kier alpha value is -4.49. The van der Waals surface area contributed by atoms with E-state index in [0.717, 1.165) is 14.6 Å². The van der Waals surface area contributed by atoms with Crippen molar-refractivity contribution in [3.63, 3.8) is 0 Å². The highest BCUT2D eigenvalue weighted by Crippen LogP contribution is 2.61. The molecule has 0 saturated heterocycles. The summed E-state index contributed by atoms with van der Waals surface area (Å²) in [6.07, 6.45) is 3.16. The van der Waals surface area contributed by atoms with E-state index in [-0.39, 0.29) is 55.4 Å². The van der Waals surface area contributed by atoms with E-state index in [2.05, 4.69) is 53.7 Å². The van der Waals surface area contributed by atoms with Gasteiger partial charge >= 0.3 is 0 Å². The van der Waals surface area contributed by atoms with Gasteiger partial charge in [0.1, 0.15) is 28.4 Å². The molecule has 306 valence electrons. The number of halogens is 4. The van der Waals surface area contributed by atoms with Gasteiger partial charge in [-0.15, -0.1) is 46.6 Å². The molecule has 59 heavy (non-hydrogen) atoms. The summed E-state index contributed by atoms with van der Waals surface area (Å²) in [7, 11) is 2.96. The van der Waals surface area contributed by atoms with Crippen LogP contribution in [0.25, 0.3) is 64.5 Å². The number of rotatable bonds is 9. The van der Waals surface area contributed by atoms with E-state index in [1.807, 2.05) is 18.2 Å². The normalized spacial score (nSPS) is 16.1. The van der Waals surface area contributed by atoms with Gasteiger partial charge in [-0.2, -0.15) is 0 Å². The lowest BCUT2D eigenvalue weighted by atomic mass is 9.91. The standard InChI is InChI=1S/C47H42F4O4S4/c1-44(2,3)37-20-18-33(58-37)32(56)11-9-10-29-39(27-14-12-25(52-7)22-30(27)54-29)41-42(47(50,51)24-46(41,48)49)40-28-15-13-26(53-8)23-31(28)55-43(40)36-17-16-34(57-36)35-19-21-38(59-35)45(4,5)6/h9-23,56H,24H2,1-8H3/b10-9+,32-11-. The third kappa shape index (κ3) is 7.62. The second-order valence-electron chi connectivity index (χ2n) is 16.6. The van der Waals surface area contributed by atoms with Gasteiger partial charge in [0.05, 0.1) is 25.5 Å². The van der Waals surface area contributed by atoms with Gasteiger partial charge in [-0.25, -0.2) is 17.6 Å². The smallest absolute Gasteiger partial charge is 0.280 e. The molecule has 0 spiro atoms. The number of thiophene rings is 3. The number of methoxy groups -OCH3 is 2. The number of hydrogen-bond acceptors (Lipinski definition) is 8. The van der Waals surface area contributed by atoms with Gasteiger partial charge in [0.15, 0.2) is 5.76 Å². The molecule has 1 aliphatic carbocycles. The van der Waals surface area contributed by atoms with Crippen molar-refractivity contribution in [2.75, 3.05) is 14.2 Å². The molecule has 7 aromatic rings. The van der Waals surface area contributed by atoms with Gasteiger partial charge in [0.25, 0.3) is 11.8 Å². The number of furan rings is 2. The van der Waals surface area contributed by atoms with E-state index in [0.29, 0.717) is 21.3 Å². The average molecular weight is 875 g/mol. The first-order valence-electron chi connectivity index (χ1n) is 18.9. The maximum Gasteiger partial charge on any atom is 0.280 e. The Morgan fingerprint density at radius 1 is 0.661 bits per heavy atom. The summed E-state index contributed by atoms with van der Waals surface area (Å²) in [4.78, 5) is 6.37. The Morgan fingerprint density at radius 2 is 1.19 bits per heavy atom. The third-order valence-corrected chi connectivity index (χ3v) is 15.1. The lowest BCUT2D eigenvalue weighted by molar-refractivity contribution is -0.0272. The molecular weight excluding hydrogens is 833 g/mol. The van der Waals surface area contributed by atoms with Crippen LogP contribution in [0, 0.1) is 0 Å². The average Bonchev–Trinajstić information content (AvgIpc) is 4.01. The van der Waals surface area contributed by atoms with Crippen molar-refractivity contribution < 1.29 is 35.9 Å². The number of ether oxygens (including phenoxy) is 2. The lowest BCUT2D eigenvalue weighted by Gasteiger charge is -2.15. The van der Waals surface area contributed by atoms with Crippen LogP contribution in [0.15, 0.2) is 93.8 Å². The van der Waals surface area contributed by atoms with E-state index in [4.69, 9.17) is 30.9 Å². The van der Waals surface area contributed by atoms with Gasteiger partial charge < -0.3 is 18.3 Å². The number of allylic oxidation sites excluding steroid dienone is 4. The highest BCUT2D eigenvalue weighted by molar-refractivity contribution is 7.90. The van der Waals surface area contributed by atoms with E-state index < -0.39 is 29.4 Å². The molecule has 0 unspecified atom stereocenters. The fourth-order valence-corrected chi connectivity index (χ4v) is 10.7. The fraction of sp³-hybridized carbons (Fsp3) is 0.277. The minimum atomic E-state index is -3.97. The second kappa shape index (κ2) is 14.9. The molecule has 0 atom stereocenters. The zero-order valence-electron chi connectivity index (χ0n) is 33.7. The van der Waals surface area contributed by atoms with Gasteiger partial charge in [0, 0.05) is 74.5 Å². The summed E-state index contributed by atoms with van der Waals surface area (Å²) in [5, 5.41) is 0.492. The summed E-state index contributed by atoms with van der Waals surface area (Å²) < 4.78 is 90.9. The molecule has 0 fully saturated rings. The predicted molar refractivity (Wildman–Crippen MR) is 241 cm³/mol. The summed E-state index contributed by atoms with van der Waals surface area (Å²) in [5.74, 6) is -7.04. The van der Waals surface area contributed by atoms with E-state index in [1.165, 1.54) is 41.4 Å². The Labute approximate surface area is 357 Å². The lowest BCUT2D eigenvalue weighted by Crippen LogP contribution is -2.21. The number of fused-ring (bicyclic) bond motifs is 2. The van der Waals surface area contributed by atoms with E-state index >= 15 is 17.6 Å². The van der Waals surface area contributed by atoms with Crippen molar-refractivity contribution >= 4 is 90.7 Å². The van der Waals surface area contributed by atoms with Crippen LogP contribution in [0.2, 0.25) is 0 Å². The van der Waals surface area contributed by atoms with Crippen molar-refractivity contribution in [1.29, 1.82) is 0 Å². The number of hydrogen-bond donors (Lipinski definition) is 1. The van der Waals surface area contributed by atoms with Crippen LogP contribution in [0.4, 0.5) is 17.6 Å². The third-order valence-electron chi connectivity index (χ3n) is 10.3. The van der Waals surface area contributed by atoms with Crippen molar-refractivity contribution in [2.24, 2.45) is 0 Å². The highest BCUT2D eigenvalue weighted by Gasteiger charge is 2.60. The maximum atomic E-state index is 16.9. The van der Waals surface area contributed by atoms with Crippen molar-refractivity contribution in [2.45, 2.75) is 70.6 Å². The fourth-order valence-electron chi connectivity index (χ4n) is 7.31. The monoisotopic (exact) mass is 874 g/mol. The van der Waals surface area contributed by atoms with Gasteiger partial charge in [-0.3, -0.25) is 0 Å². The molecule has 1 aliphatic rings. The summed E-state index contributed by atoms with van der Waals surface area (Å²) >= 11 is 9.35. The molecular formula is C47H42F4O4S4. The summed E-state index contributed by atoms with van der Waals surface area (Å²) in [5.41, 5.74) is -1.54. The molecule has 12 heteroatoms. The molecule has 0 radical (unpaired) electrons. The summed E-state index contributed by atoms with van der Waals surface area (Å²) in [6, 6.07) is 21.4. The van der Waals surface area contributed by atoms with Gasteiger partial charge in [0.2, 0.25) is 0 Å². The van der Waals surface area contributed by atoms with Crippen LogP contribution in [-0.4, -0.2) is 26.1 Å². The molecule has 0 aliphatic heterocycles. The van der Waals surface area contributed by atoms with E-state index in [1.54, 1.807) is 77.3 Å². The zero-order chi connectivity index (χ0) is 42.2. The Balaban J connectivity index is 1.36. The molecule has 0 bridgehead atoms. The Bertz CT molecular complexity index is 2830. The minimum absolute atomic E-state index is 0.0150. The van der Waals surface area contributed by atoms with Crippen LogP contribution < -0.4 is 9.47 Å². The first kappa shape index (κ1) is 41.3. The van der Waals surface area contributed by atoms with Crippen molar-refractivity contribution in [3.8, 4) is 31.9 Å². The molecule has 8 rings (SSSR count). The highest BCUT2D eigenvalue weighted by atomic mass is 32.1. The van der Waals surface area contributed by atoms with E-state index in [9.17, 15) is 0 Å². The van der Waals surface area contributed by atoms with Gasteiger partial charge in [-0.05, 0) is 83.6 Å². The minimum Gasteiger partial charge on any atom is -0.497 e. The number of thiol groups is 1. The van der Waals surface area contributed by atoms with Crippen LogP contribution in [0.3, 0.4) is 0 Å². The molecule has 2 aromatic carbocycles. The Kier molecular flexibility index (Phi) is 10.4. The van der Waals surface area contributed by atoms with Gasteiger partial charge in [-0.1, -0.05) is 47.6 Å². The van der Waals surface area contributed by atoms with Crippen LogP contribution in [0.5, 0.6) is 11.5 Å². The Morgan fingerprint density at radius 3 is 1.78 bits per heavy atom. The first-order chi connectivity index (χ1) is 27.8. The topological polar surface area (TPSA) is 44.7 Å². The molecule has 0 amide bonds. The molecule has 0 saturated carbocycles. The number of benzene rings is 2.